The number of benzene rings is 1. The molecule has 1 aromatic carbocycles. The molecule has 0 radical (unpaired) electrons. The fraction of sp³-hybridized carbons (Fsp3) is 0.462. The first kappa shape index (κ1) is 13.6. The molecule has 18 heavy (non-hydrogen) atoms. The van der Waals surface area contributed by atoms with Gasteiger partial charge >= 0.3 is 0 Å². The number of hydrogen-bond donors (Lipinski definition) is 1. The zero-order chi connectivity index (χ0) is 13.2. The van der Waals surface area contributed by atoms with Crippen molar-refractivity contribution in [3.05, 3.63) is 29.3 Å². The Labute approximate surface area is 118 Å². The summed E-state index contributed by atoms with van der Waals surface area (Å²) in [5.41, 5.74) is 5.73. The lowest BCUT2D eigenvalue weighted by atomic mass is 10.0. The van der Waals surface area contributed by atoms with E-state index in [1.54, 1.807) is 6.07 Å². The molecule has 1 saturated heterocycles. The van der Waals surface area contributed by atoms with Crippen LogP contribution in [0.2, 0.25) is 5.02 Å². The second-order valence-electron chi connectivity index (χ2n) is 4.77. The highest BCUT2D eigenvalue weighted by Crippen LogP contribution is 2.21. The van der Waals surface area contributed by atoms with Crippen LogP contribution in [0.4, 0.5) is 0 Å². The number of rotatable bonds is 4. The number of likely N-dealkylation sites (tertiary alicyclic amines) is 1. The molecule has 1 aromatic rings. The summed E-state index contributed by atoms with van der Waals surface area (Å²) in [6.07, 6.45) is 0.906. The van der Waals surface area contributed by atoms with Crippen molar-refractivity contribution >= 4 is 28.8 Å². The molecule has 0 spiro atoms. The Kier molecular flexibility index (Phi) is 4.10. The maximum Gasteiger partial charge on any atom is 0.120 e. The second kappa shape index (κ2) is 5.43. The lowest BCUT2D eigenvalue weighted by molar-refractivity contribution is 0.277. The van der Waals surface area contributed by atoms with E-state index < -0.39 is 0 Å². The second-order valence-corrected chi connectivity index (χ2v) is 5.59. The fourth-order valence-corrected chi connectivity index (χ4v) is 2.45. The van der Waals surface area contributed by atoms with E-state index in [1.807, 2.05) is 25.1 Å². The van der Waals surface area contributed by atoms with Gasteiger partial charge in [-0.25, -0.2) is 0 Å². The van der Waals surface area contributed by atoms with E-state index in [0.29, 0.717) is 11.6 Å². The molecule has 1 fully saturated rings. The summed E-state index contributed by atoms with van der Waals surface area (Å²) in [5, 5.41) is 0.679. The lowest BCUT2D eigenvalue weighted by Crippen LogP contribution is -2.44. The molecule has 5 heteroatoms. The average molecular weight is 285 g/mol. The fourth-order valence-electron chi connectivity index (χ4n) is 1.98. The molecule has 1 unspecified atom stereocenters. The summed E-state index contributed by atoms with van der Waals surface area (Å²) >= 11 is 11.2. The molecule has 1 aliphatic rings. The van der Waals surface area contributed by atoms with E-state index in [0.717, 1.165) is 30.2 Å². The van der Waals surface area contributed by atoms with Gasteiger partial charge in [-0.1, -0.05) is 29.9 Å². The number of thiocarbonyl (C=S) groups is 1. The van der Waals surface area contributed by atoms with Crippen LogP contribution in [0.25, 0.3) is 0 Å². The van der Waals surface area contributed by atoms with Crippen molar-refractivity contribution in [1.29, 1.82) is 0 Å². The SMILES string of the molecule is CC1(N)CCN(CCOc2cccc(Cl)c2)C1=S. The van der Waals surface area contributed by atoms with E-state index in [4.69, 9.17) is 34.3 Å². The summed E-state index contributed by atoms with van der Waals surface area (Å²) in [7, 11) is 0. The molecule has 0 aliphatic carbocycles. The van der Waals surface area contributed by atoms with Crippen LogP contribution in [0, 0.1) is 0 Å². The quantitative estimate of drug-likeness (QED) is 0.862. The van der Waals surface area contributed by atoms with Gasteiger partial charge in [-0.2, -0.15) is 0 Å². The van der Waals surface area contributed by atoms with E-state index in [1.165, 1.54) is 0 Å². The summed E-state index contributed by atoms with van der Waals surface area (Å²) < 4.78 is 5.64. The zero-order valence-electron chi connectivity index (χ0n) is 10.4. The molecule has 0 bridgehead atoms. The highest BCUT2D eigenvalue weighted by molar-refractivity contribution is 7.80. The minimum absolute atomic E-state index is 0.342. The van der Waals surface area contributed by atoms with Crippen LogP contribution in [0.3, 0.4) is 0 Å². The smallest absolute Gasteiger partial charge is 0.120 e. The Morgan fingerprint density at radius 3 is 2.94 bits per heavy atom. The monoisotopic (exact) mass is 284 g/mol. The molecule has 0 saturated carbocycles. The first-order valence-corrected chi connectivity index (χ1v) is 6.74. The zero-order valence-corrected chi connectivity index (χ0v) is 11.9. The predicted octanol–water partition coefficient (Wildman–Crippen LogP) is 2.47. The molecule has 98 valence electrons. The Balaban J connectivity index is 1.82. The molecule has 0 amide bonds. The van der Waals surface area contributed by atoms with Gasteiger partial charge in [0, 0.05) is 11.6 Å². The van der Waals surface area contributed by atoms with Gasteiger partial charge in [0.15, 0.2) is 0 Å². The maximum absolute atomic E-state index is 6.07. The largest absolute Gasteiger partial charge is 0.492 e. The topological polar surface area (TPSA) is 38.5 Å². The van der Waals surface area contributed by atoms with Crippen LogP contribution < -0.4 is 10.5 Å². The van der Waals surface area contributed by atoms with Crippen LogP contribution >= 0.6 is 23.8 Å². The number of ether oxygens (including phenoxy) is 1. The Hall–Kier alpha value is -0.840. The number of hydrogen-bond acceptors (Lipinski definition) is 3. The van der Waals surface area contributed by atoms with Crippen molar-refractivity contribution in [2.75, 3.05) is 19.7 Å². The lowest BCUT2D eigenvalue weighted by Gasteiger charge is -2.22. The number of nitrogens with two attached hydrogens (primary N) is 1. The van der Waals surface area contributed by atoms with E-state index in [-0.39, 0.29) is 5.54 Å². The normalized spacial score (nSPS) is 23.5. The first-order valence-electron chi connectivity index (χ1n) is 5.96. The molecule has 1 atom stereocenters. The first-order chi connectivity index (χ1) is 8.49. The standard InChI is InChI=1S/C13H17ClN2OS/c1-13(15)5-6-16(12(13)18)7-8-17-11-4-2-3-10(14)9-11/h2-4,9H,5-8,15H2,1H3. The van der Waals surface area contributed by atoms with Gasteiger partial charge in [-0.05, 0) is 31.5 Å². The van der Waals surface area contributed by atoms with Crippen molar-refractivity contribution in [3.63, 3.8) is 0 Å². The molecule has 2 rings (SSSR count). The molecular formula is C13H17ClN2OS. The van der Waals surface area contributed by atoms with Gasteiger partial charge in [-0.3, -0.25) is 0 Å². The number of nitrogens with zero attached hydrogens (tertiary/aromatic N) is 1. The summed E-state index contributed by atoms with van der Waals surface area (Å²) in [6.45, 7) is 4.23. The number of halogens is 1. The van der Waals surface area contributed by atoms with E-state index in [2.05, 4.69) is 4.90 Å². The summed E-state index contributed by atoms with van der Waals surface area (Å²) in [4.78, 5) is 2.94. The van der Waals surface area contributed by atoms with Crippen molar-refractivity contribution in [2.24, 2.45) is 5.73 Å². The van der Waals surface area contributed by atoms with E-state index in [9.17, 15) is 0 Å². The molecule has 3 nitrogen and oxygen atoms in total. The van der Waals surface area contributed by atoms with Gasteiger partial charge in [0.1, 0.15) is 12.4 Å². The third-order valence-corrected chi connectivity index (χ3v) is 4.06. The Morgan fingerprint density at radius 2 is 2.33 bits per heavy atom. The Bertz CT molecular complexity index is 450. The molecular weight excluding hydrogens is 268 g/mol. The van der Waals surface area contributed by atoms with Crippen LogP contribution in [-0.4, -0.2) is 35.1 Å². The maximum atomic E-state index is 6.07. The minimum atomic E-state index is -0.342. The van der Waals surface area contributed by atoms with Crippen molar-refractivity contribution in [3.8, 4) is 5.75 Å². The van der Waals surface area contributed by atoms with Gasteiger partial charge in [0.05, 0.1) is 17.1 Å². The molecule has 2 N–H and O–H groups in total. The van der Waals surface area contributed by atoms with Crippen LogP contribution in [0.1, 0.15) is 13.3 Å². The van der Waals surface area contributed by atoms with Crippen molar-refractivity contribution in [2.45, 2.75) is 18.9 Å². The average Bonchev–Trinajstić information content (AvgIpc) is 2.56. The third kappa shape index (κ3) is 3.13. The summed E-state index contributed by atoms with van der Waals surface area (Å²) in [5.74, 6) is 0.781. The highest BCUT2D eigenvalue weighted by Gasteiger charge is 2.35. The molecule has 0 aromatic heterocycles. The van der Waals surface area contributed by atoms with Crippen molar-refractivity contribution in [1.82, 2.24) is 4.90 Å². The minimum Gasteiger partial charge on any atom is -0.492 e. The van der Waals surface area contributed by atoms with Gasteiger partial charge in [0.2, 0.25) is 0 Å². The Morgan fingerprint density at radius 1 is 1.56 bits per heavy atom. The van der Waals surface area contributed by atoms with Crippen LogP contribution in [0.5, 0.6) is 5.75 Å². The third-order valence-electron chi connectivity index (χ3n) is 3.10. The molecule has 1 aliphatic heterocycles. The highest BCUT2D eigenvalue weighted by atomic mass is 35.5. The van der Waals surface area contributed by atoms with Gasteiger partial charge < -0.3 is 15.4 Å². The van der Waals surface area contributed by atoms with Gasteiger partial charge in [0.25, 0.3) is 0 Å². The van der Waals surface area contributed by atoms with E-state index >= 15 is 0 Å². The van der Waals surface area contributed by atoms with Gasteiger partial charge in [-0.15, -0.1) is 0 Å². The van der Waals surface area contributed by atoms with Crippen LogP contribution in [0.15, 0.2) is 24.3 Å². The molecule has 1 heterocycles. The van der Waals surface area contributed by atoms with Crippen LogP contribution in [-0.2, 0) is 0 Å². The predicted molar refractivity (Wildman–Crippen MR) is 78.3 cm³/mol. The summed E-state index contributed by atoms with van der Waals surface area (Å²) in [6, 6.07) is 7.39. The van der Waals surface area contributed by atoms with Crippen molar-refractivity contribution < 1.29 is 4.74 Å².